The maximum atomic E-state index is 4.53. The van der Waals surface area contributed by atoms with Gasteiger partial charge in [0.25, 0.3) is 0 Å². The van der Waals surface area contributed by atoms with Crippen LogP contribution >= 0.6 is 0 Å². The zero-order valence-electron chi connectivity index (χ0n) is 8.83. The molecule has 0 fully saturated rings. The minimum absolute atomic E-state index is 1.11. The maximum absolute atomic E-state index is 4.53. The van der Waals surface area contributed by atoms with Crippen molar-refractivity contribution >= 4 is 5.71 Å². The fourth-order valence-corrected chi connectivity index (χ4v) is 1.95. The minimum atomic E-state index is 1.11. The van der Waals surface area contributed by atoms with Crippen molar-refractivity contribution in [2.24, 2.45) is 5.10 Å². The molecule has 0 radical (unpaired) electrons. The summed E-state index contributed by atoms with van der Waals surface area (Å²) >= 11 is 0. The van der Waals surface area contributed by atoms with Crippen LogP contribution in [0.3, 0.4) is 0 Å². The molecule has 0 unspecified atom stereocenters. The molecule has 1 aliphatic carbocycles. The highest BCUT2D eigenvalue weighted by Gasteiger charge is 2.14. The van der Waals surface area contributed by atoms with E-state index in [1.54, 1.807) is 0 Å². The minimum Gasteiger partial charge on any atom is -0.303 e. The van der Waals surface area contributed by atoms with Gasteiger partial charge in [0.15, 0.2) is 0 Å². The number of rotatable bonds is 1. The van der Waals surface area contributed by atoms with Crippen LogP contribution in [0.4, 0.5) is 0 Å². The lowest BCUT2D eigenvalue weighted by molar-refractivity contribution is 0.435. The molecule has 0 saturated carbocycles. The lowest BCUT2D eigenvalue weighted by Gasteiger charge is -2.19. The number of hydrogen-bond acceptors (Lipinski definition) is 2. The van der Waals surface area contributed by atoms with E-state index in [1.165, 1.54) is 29.7 Å². The van der Waals surface area contributed by atoms with Gasteiger partial charge in [-0.15, -0.1) is 0 Å². The third kappa shape index (κ3) is 1.79. The molecular formula is C12H16N2. The summed E-state index contributed by atoms with van der Waals surface area (Å²) < 4.78 is 0. The summed E-state index contributed by atoms with van der Waals surface area (Å²) in [6.45, 7) is 0. The Morgan fingerprint density at radius 2 is 1.93 bits per heavy atom. The van der Waals surface area contributed by atoms with E-state index in [-0.39, 0.29) is 0 Å². The number of hydrazone groups is 1. The van der Waals surface area contributed by atoms with Gasteiger partial charge in [-0.25, -0.2) is 0 Å². The molecule has 0 spiro atoms. The molecule has 0 aromatic heterocycles. The highest BCUT2D eigenvalue weighted by Crippen LogP contribution is 2.21. The first-order valence-electron chi connectivity index (χ1n) is 5.10. The van der Waals surface area contributed by atoms with Crippen molar-refractivity contribution < 1.29 is 0 Å². The van der Waals surface area contributed by atoms with E-state index in [0.717, 1.165) is 6.42 Å². The largest absolute Gasteiger partial charge is 0.303 e. The Balaban J connectivity index is 2.40. The second-order valence-corrected chi connectivity index (χ2v) is 3.90. The van der Waals surface area contributed by atoms with Crippen LogP contribution in [0.15, 0.2) is 29.4 Å². The first kappa shape index (κ1) is 9.25. The number of hydrogen-bond donors (Lipinski definition) is 0. The molecule has 0 heterocycles. The van der Waals surface area contributed by atoms with E-state index in [2.05, 4.69) is 29.4 Å². The van der Waals surface area contributed by atoms with Crippen molar-refractivity contribution in [2.75, 3.05) is 14.1 Å². The summed E-state index contributed by atoms with van der Waals surface area (Å²) in [5.74, 6) is 0. The summed E-state index contributed by atoms with van der Waals surface area (Å²) in [7, 11) is 3.95. The Hall–Kier alpha value is -1.31. The molecule has 0 aliphatic heterocycles. The van der Waals surface area contributed by atoms with Crippen molar-refractivity contribution in [2.45, 2.75) is 19.3 Å². The van der Waals surface area contributed by atoms with Crippen molar-refractivity contribution in [3.8, 4) is 0 Å². The predicted octanol–water partition coefficient (Wildman–Crippen LogP) is 2.29. The smallest absolute Gasteiger partial charge is 0.0680 e. The SMILES string of the molecule is CN(C)/N=C1\CCCc2ccccc21. The maximum Gasteiger partial charge on any atom is 0.0680 e. The quantitative estimate of drug-likeness (QED) is 0.617. The highest BCUT2D eigenvalue weighted by molar-refractivity contribution is 6.02. The molecule has 2 rings (SSSR count). The molecule has 1 aliphatic rings. The first-order chi connectivity index (χ1) is 6.77. The standard InChI is InChI=1S/C12H16N2/c1-14(2)13-12-9-5-7-10-6-3-4-8-11(10)12/h3-4,6,8H,5,7,9H2,1-2H3/b13-12+. The first-order valence-corrected chi connectivity index (χ1v) is 5.10. The van der Waals surface area contributed by atoms with Crippen LogP contribution in [0.5, 0.6) is 0 Å². The molecule has 0 N–H and O–H groups in total. The second-order valence-electron chi connectivity index (χ2n) is 3.90. The summed E-state index contributed by atoms with van der Waals surface area (Å²) in [6, 6.07) is 8.59. The molecule has 2 nitrogen and oxygen atoms in total. The molecule has 2 heteroatoms. The lowest BCUT2D eigenvalue weighted by atomic mass is 9.90. The van der Waals surface area contributed by atoms with E-state index < -0.39 is 0 Å². The van der Waals surface area contributed by atoms with Gasteiger partial charge in [-0.05, 0) is 24.8 Å². The fourth-order valence-electron chi connectivity index (χ4n) is 1.95. The van der Waals surface area contributed by atoms with Crippen LogP contribution in [0.25, 0.3) is 0 Å². The summed E-state index contributed by atoms with van der Waals surface area (Å²) in [6.07, 6.45) is 3.53. The van der Waals surface area contributed by atoms with Crippen molar-refractivity contribution in [3.63, 3.8) is 0 Å². The predicted molar refractivity (Wildman–Crippen MR) is 59.6 cm³/mol. The summed E-state index contributed by atoms with van der Waals surface area (Å²) in [5.41, 5.74) is 4.02. The van der Waals surface area contributed by atoms with Crippen LogP contribution in [-0.2, 0) is 6.42 Å². The zero-order valence-corrected chi connectivity index (χ0v) is 8.83. The Morgan fingerprint density at radius 3 is 2.71 bits per heavy atom. The van der Waals surface area contributed by atoms with Gasteiger partial charge in [-0.2, -0.15) is 5.10 Å². The van der Waals surface area contributed by atoms with Crippen LogP contribution < -0.4 is 0 Å². The zero-order chi connectivity index (χ0) is 9.97. The molecule has 74 valence electrons. The topological polar surface area (TPSA) is 15.6 Å². The molecule has 0 saturated heterocycles. The van der Waals surface area contributed by atoms with Gasteiger partial charge in [-0.1, -0.05) is 24.3 Å². The van der Waals surface area contributed by atoms with Crippen molar-refractivity contribution in [1.82, 2.24) is 5.01 Å². The third-order valence-corrected chi connectivity index (χ3v) is 2.51. The summed E-state index contributed by atoms with van der Waals surface area (Å²) in [4.78, 5) is 0. The third-order valence-electron chi connectivity index (χ3n) is 2.51. The average molecular weight is 188 g/mol. The second kappa shape index (κ2) is 3.82. The van der Waals surface area contributed by atoms with Crippen molar-refractivity contribution in [1.29, 1.82) is 0 Å². The van der Waals surface area contributed by atoms with E-state index in [1.807, 2.05) is 19.1 Å². The molecule has 0 amide bonds. The lowest BCUT2D eigenvalue weighted by Crippen LogP contribution is -2.15. The molecular weight excluding hydrogens is 172 g/mol. The highest BCUT2D eigenvalue weighted by atomic mass is 15.4. The van der Waals surface area contributed by atoms with Gasteiger partial charge in [0, 0.05) is 19.7 Å². The van der Waals surface area contributed by atoms with Gasteiger partial charge >= 0.3 is 0 Å². The van der Waals surface area contributed by atoms with Crippen molar-refractivity contribution in [3.05, 3.63) is 35.4 Å². The van der Waals surface area contributed by atoms with Gasteiger partial charge in [0.1, 0.15) is 0 Å². The molecule has 0 bridgehead atoms. The Morgan fingerprint density at radius 1 is 1.14 bits per heavy atom. The van der Waals surface area contributed by atoms with E-state index in [4.69, 9.17) is 0 Å². The fraction of sp³-hybridized carbons (Fsp3) is 0.417. The Kier molecular flexibility index (Phi) is 2.53. The van der Waals surface area contributed by atoms with Gasteiger partial charge < -0.3 is 5.01 Å². The number of benzene rings is 1. The van der Waals surface area contributed by atoms with Gasteiger partial charge in [-0.3, -0.25) is 0 Å². The van der Waals surface area contributed by atoms with E-state index in [9.17, 15) is 0 Å². The number of aryl methyl sites for hydroxylation is 1. The summed E-state index contributed by atoms with van der Waals surface area (Å²) in [5, 5.41) is 6.41. The van der Waals surface area contributed by atoms with Crippen LogP contribution in [0.1, 0.15) is 24.0 Å². The molecule has 1 aromatic rings. The van der Waals surface area contributed by atoms with E-state index in [0.29, 0.717) is 0 Å². The van der Waals surface area contributed by atoms with Crippen LogP contribution in [-0.4, -0.2) is 24.8 Å². The normalized spacial score (nSPS) is 18.0. The molecule has 1 aromatic carbocycles. The van der Waals surface area contributed by atoms with Crippen LogP contribution in [0, 0.1) is 0 Å². The molecule has 14 heavy (non-hydrogen) atoms. The monoisotopic (exact) mass is 188 g/mol. The van der Waals surface area contributed by atoms with Gasteiger partial charge in [0.2, 0.25) is 0 Å². The van der Waals surface area contributed by atoms with E-state index >= 15 is 0 Å². The Labute approximate surface area is 85.2 Å². The average Bonchev–Trinajstić information content (AvgIpc) is 2.18. The Bertz CT molecular complexity index is 353. The van der Waals surface area contributed by atoms with Crippen LogP contribution in [0.2, 0.25) is 0 Å². The molecule has 0 atom stereocenters. The number of nitrogens with zero attached hydrogens (tertiary/aromatic N) is 2. The van der Waals surface area contributed by atoms with Gasteiger partial charge in [0.05, 0.1) is 5.71 Å². The number of fused-ring (bicyclic) bond motifs is 1.